The predicted molar refractivity (Wildman–Crippen MR) is 117 cm³/mol. The molecule has 0 bridgehead atoms. The highest BCUT2D eigenvalue weighted by Crippen LogP contribution is 2.51. The Morgan fingerprint density at radius 1 is 0.893 bits per heavy atom. The molecule has 3 heterocycles. The highest BCUT2D eigenvalue weighted by molar-refractivity contribution is 7.06. The molecular formula is C19H17Cl2N5S2. The van der Waals surface area contributed by atoms with Crippen LogP contribution in [0.4, 0.5) is 0 Å². The lowest BCUT2D eigenvalue weighted by Gasteiger charge is -2.32. The van der Waals surface area contributed by atoms with Crippen molar-refractivity contribution >= 4 is 57.6 Å². The molecule has 2 unspecified atom stereocenters. The van der Waals surface area contributed by atoms with E-state index in [0.29, 0.717) is 10.0 Å². The van der Waals surface area contributed by atoms with Crippen molar-refractivity contribution in [3.8, 4) is 0 Å². The number of benzene rings is 1. The SMILES string of the molecule is CC1=NC(C)=C(c2nc(C)ns2)C(c2cccc(Cl)c2Cl)C1c1nc(C)ns1. The van der Waals surface area contributed by atoms with Gasteiger partial charge in [0.05, 0.1) is 16.0 Å². The van der Waals surface area contributed by atoms with E-state index in [4.69, 9.17) is 28.2 Å². The summed E-state index contributed by atoms with van der Waals surface area (Å²) in [6.07, 6.45) is 0. The molecular weight excluding hydrogens is 433 g/mol. The summed E-state index contributed by atoms with van der Waals surface area (Å²) in [7, 11) is 0. The van der Waals surface area contributed by atoms with Crippen molar-refractivity contribution in [3.05, 3.63) is 61.2 Å². The van der Waals surface area contributed by atoms with Crippen LogP contribution in [0.1, 0.15) is 52.9 Å². The average Bonchev–Trinajstić information content (AvgIpc) is 3.25. The number of rotatable bonds is 3. The molecule has 2 aromatic heterocycles. The zero-order valence-corrected chi connectivity index (χ0v) is 18.8. The van der Waals surface area contributed by atoms with Gasteiger partial charge in [0.1, 0.15) is 21.7 Å². The highest BCUT2D eigenvalue weighted by atomic mass is 35.5. The second-order valence-electron chi connectivity index (χ2n) is 6.68. The maximum Gasteiger partial charge on any atom is 0.142 e. The topological polar surface area (TPSA) is 63.9 Å². The monoisotopic (exact) mass is 449 g/mol. The molecule has 1 aliphatic heterocycles. The van der Waals surface area contributed by atoms with Gasteiger partial charge in [0, 0.05) is 22.9 Å². The first kappa shape index (κ1) is 19.6. The van der Waals surface area contributed by atoms with Gasteiger partial charge >= 0.3 is 0 Å². The maximum atomic E-state index is 6.68. The number of aliphatic imine (C=N–C) groups is 1. The Balaban J connectivity index is 1.99. The van der Waals surface area contributed by atoms with Gasteiger partial charge in [-0.15, -0.1) is 0 Å². The number of hydrogen-bond acceptors (Lipinski definition) is 7. The molecule has 1 aliphatic rings. The van der Waals surface area contributed by atoms with Crippen molar-refractivity contribution < 1.29 is 0 Å². The Morgan fingerprint density at radius 3 is 2.25 bits per heavy atom. The van der Waals surface area contributed by atoms with E-state index in [0.717, 1.165) is 44.2 Å². The third-order valence-corrected chi connectivity index (χ3v) is 7.27. The van der Waals surface area contributed by atoms with Crippen molar-refractivity contribution in [2.75, 3.05) is 0 Å². The van der Waals surface area contributed by atoms with Crippen molar-refractivity contribution in [2.24, 2.45) is 4.99 Å². The highest BCUT2D eigenvalue weighted by Gasteiger charge is 2.39. The van der Waals surface area contributed by atoms with E-state index in [1.54, 1.807) is 6.07 Å². The Labute approximate surface area is 181 Å². The Morgan fingerprint density at radius 2 is 1.61 bits per heavy atom. The number of halogens is 2. The minimum Gasteiger partial charge on any atom is -0.262 e. The van der Waals surface area contributed by atoms with E-state index in [1.807, 2.05) is 39.8 Å². The summed E-state index contributed by atoms with van der Waals surface area (Å²) in [5.74, 6) is 1.28. The molecule has 5 nitrogen and oxygen atoms in total. The first-order chi connectivity index (χ1) is 13.4. The van der Waals surface area contributed by atoms with Gasteiger partial charge in [-0.1, -0.05) is 35.3 Å². The third kappa shape index (κ3) is 3.41. The van der Waals surface area contributed by atoms with Crippen LogP contribution in [0.2, 0.25) is 10.0 Å². The fourth-order valence-corrected chi connectivity index (χ4v) is 5.67. The van der Waals surface area contributed by atoms with Crippen LogP contribution in [0.5, 0.6) is 0 Å². The lowest BCUT2D eigenvalue weighted by molar-refractivity contribution is 0.753. The molecule has 28 heavy (non-hydrogen) atoms. The van der Waals surface area contributed by atoms with Gasteiger partial charge in [0.2, 0.25) is 0 Å². The smallest absolute Gasteiger partial charge is 0.142 e. The van der Waals surface area contributed by atoms with E-state index >= 15 is 0 Å². The largest absolute Gasteiger partial charge is 0.262 e. The number of nitrogens with zero attached hydrogens (tertiary/aromatic N) is 5. The van der Waals surface area contributed by atoms with Crippen molar-refractivity contribution in [2.45, 2.75) is 39.5 Å². The molecule has 2 atom stereocenters. The second kappa shape index (κ2) is 7.63. The predicted octanol–water partition coefficient (Wildman–Crippen LogP) is 6.09. The minimum absolute atomic E-state index is 0.0925. The van der Waals surface area contributed by atoms with Gasteiger partial charge in [-0.05, 0) is 62.4 Å². The number of allylic oxidation sites excluding steroid dienone is 2. The number of hydrogen-bond donors (Lipinski definition) is 0. The number of aromatic nitrogens is 4. The van der Waals surface area contributed by atoms with Crippen LogP contribution < -0.4 is 0 Å². The molecule has 9 heteroatoms. The van der Waals surface area contributed by atoms with E-state index in [-0.39, 0.29) is 11.8 Å². The summed E-state index contributed by atoms with van der Waals surface area (Å²) in [5, 5.41) is 2.82. The van der Waals surface area contributed by atoms with E-state index in [2.05, 4.69) is 18.7 Å². The van der Waals surface area contributed by atoms with Crippen molar-refractivity contribution in [1.82, 2.24) is 18.7 Å². The maximum absolute atomic E-state index is 6.68. The lowest BCUT2D eigenvalue weighted by Crippen LogP contribution is -2.24. The van der Waals surface area contributed by atoms with Crippen molar-refractivity contribution in [1.29, 1.82) is 0 Å². The molecule has 0 aliphatic carbocycles. The fourth-order valence-electron chi connectivity index (χ4n) is 3.58. The van der Waals surface area contributed by atoms with Gasteiger partial charge in [-0.2, -0.15) is 8.75 Å². The van der Waals surface area contributed by atoms with Gasteiger partial charge in [0.15, 0.2) is 0 Å². The molecule has 3 aromatic rings. The van der Waals surface area contributed by atoms with Crippen LogP contribution in [-0.4, -0.2) is 24.4 Å². The summed E-state index contributed by atoms with van der Waals surface area (Å²) in [4.78, 5) is 14.2. The van der Waals surface area contributed by atoms with Crippen LogP contribution in [0.25, 0.3) is 5.57 Å². The van der Waals surface area contributed by atoms with Gasteiger partial charge in [0.25, 0.3) is 0 Å². The molecule has 0 spiro atoms. The minimum atomic E-state index is -0.122. The summed E-state index contributed by atoms with van der Waals surface area (Å²) in [6.45, 7) is 7.81. The standard InChI is InChI=1S/C19H17Cl2N5S2/c1-8-14(18-23-10(3)25-27-18)16(12-6-5-7-13(20)17(12)21)15(9(2)22-8)19-24-11(4)26-28-19/h5-7,14,16H,1-4H3. The van der Waals surface area contributed by atoms with Crippen LogP contribution in [0.15, 0.2) is 28.9 Å². The zero-order valence-electron chi connectivity index (χ0n) is 15.7. The quantitative estimate of drug-likeness (QED) is 0.485. The van der Waals surface area contributed by atoms with Crippen LogP contribution in [0.3, 0.4) is 0 Å². The molecule has 1 aromatic carbocycles. The molecule has 144 valence electrons. The molecule has 0 saturated heterocycles. The Hall–Kier alpha value is -1.67. The zero-order chi connectivity index (χ0) is 20.0. The summed E-state index contributed by atoms with van der Waals surface area (Å²) >= 11 is 15.8. The normalized spacial score (nSPS) is 19.9. The lowest BCUT2D eigenvalue weighted by atomic mass is 9.76. The Kier molecular flexibility index (Phi) is 5.35. The summed E-state index contributed by atoms with van der Waals surface area (Å²) in [6, 6.07) is 5.73. The van der Waals surface area contributed by atoms with Crippen molar-refractivity contribution in [3.63, 3.8) is 0 Å². The van der Waals surface area contributed by atoms with Gasteiger partial charge in [-0.25, -0.2) is 9.97 Å². The number of aryl methyl sites for hydroxylation is 2. The third-order valence-electron chi connectivity index (χ3n) is 4.71. The summed E-state index contributed by atoms with van der Waals surface area (Å²) < 4.78 is 8.77. The van der Waals surface area contributed by atoms with E-state index in [1.165, 1.54) is 23.1 Å². The molecule has 0 radical (unpaired) electrons. The second-order valence-corrected chi connectivity index (χ2v) is 9.00. The molecule has 0 N–H and O–H groups in total. The van der Waals surface area contributed by atoms with Gasteiger partial charge in [-0.3, -0.25) is 4.99 Å². The molecule has 4 rings (SSSR count). The van der Waals surface area contributed by atoms with E-state index < -0.39 is 0 Å². The average molecular weight is 450 g/mol. The van der Waals surface area contributed by atoms with Crippen LogP contribution in [0, 0.1) is 13.8 Å². The first-order valence-corrected chi connectivity index (χ1v) is 11.0. The van der Waals surface area contributed by atoms with Crippen LogP contribution in [-0.2, 0) is 0 Å². The Bertz CT molecular complexity index is 1120. The summed E-state index contributed by atoms with van der Waals surface area (Å²) in [5.41, 5.74) is 3.83. The van der Waals surface area contributed by atoms with Gasteiger partial charge < -0.3 is 0 Å². The molecule has 0 amide bonds. The molecule has 0 fully saturated rings. The van der Waals surface area contributed by atoms with E-state index in [9.17, 15) is 0 Å². The fraction of sp³-hybridized carbons (Fsp3) is 0.316. The van der Waals surface area contributed by atoms with Crippen LogP contribution >= 0.6 is 46.3 Å². The molecule has 0 saturated carbocycles. The first-order valence-electron chi connectivity index (χ1n) is 8.67.